The molecule has 4 aliphatic rings. The minimum Gasteiger partial charge on any atom is -0.461 e. The third kappa shape index (κ3) is 10.5. The van der Waals surface area contributed by atoms with Gasteiger partial charge in [-0.3, -0.25) is 28.8 Å². The number of aliphatic hydroxyl groups excluding tert-OH is 1. The Morgan fingerprint density at radius 1 is 0.713 bits per heavy atom. The molecule has 1 aliphatic heterocycles. The van der Waals surface area contributed by atoms with Gasteiger partial charge in [0.15, 0.2) is 29.4 Å². The lowest BCUT2D eigenvalue weighted by Crippen LogP contribution is -2.82. The van der Waals surface area contributed by atoms with E-state index >= 15 is 4.79 Å². The third-order valence-corrected chi connectivity index (χ3v) is 16.6. The number of Topliss-reactive ketones (excluding diaryl/α,β-unsaturated/α-hetero) is 1. The number of aryl methyl sites for hydroxylation is 1. The van der Waals surface area contributed by atoms with Crippen LogP contribution in [-0.4, -0.2) is 112 Å². The van der Waals surface area contributed by atoms with Gasteiger partial charge in [0.25, 0.3) is 5.91 Å². The van der Waals surface area contributed by atoms with Crippen molar-refractivity contribution in [3.05, 3.63) is 190 Å². The first-order chi connectivity index (χ1) is 38.1. The van der Waals surface area contributed by atoms with E-state index in [4.69, 9.17) is 28.4 Å². The lowest BCUT2D eigenvalue weighted by atomic mass is 9.44. The van der Waals surface area contributed by atoms with E-state index in [-0.39, 0.29) is 53.9 Å². The number of hydrogen-bond donors (Lipinski definition) is 3. The van der Waals surface area contributed by atoms with Gasteiger partial charge in [-0.25, -0.2) is 9.59 Å². The van der Waals surface area contributed by atoms with E-state index in [0.717, 1.165) is 13.8 Å². The van der Waals surface area contributed by atoms with Crippen LogP contribution in [-0.2, 0) is 58.8 Å². The van der Waals surface area contributed by atoms with E-state index in [1.807, 2.05) is 0 Å². The highest BCUT2D eigenvalue weighted by Crippen LogP contribution is 2.65. The summed E-state index contributed by atoms with van der Waals surface area (Å²) in [6.07, 6.45) is -11.2. The molecule has 5 aromatic rings. The van der Waals surface area contributed by atoms with Crippen LogP contribution in [0.3, 0.4) is 0 Å². The monoisotopic (exact) mass is 1090 g/mol. The summed E-state index contributed by atoms with van der Waals surface area (Å²) in [5.41, 5.74) is -6.18. The van der Waals surface area contributed by atoms with Crippen LogP contribution < -0.4 is 5.32 Å². The molecule has 2 saturated carbocycles. The molecule has 1 saturated heterocycles. The average molecular weight is 1090 g/mol. The fourth-order valence-corrected chi connectivity index (χ4v) is 12.4. The topological polar surface area (TPSA) is 244 Å². The number of carbonyl (C=O) groups is 8. The van der Waals surface area contributed by atoms with Crippen molar-refractivity contribution in [3.63, 3.8) is 0 Å². The summed E-state index contributed by atoms with van der Waals surface area (Å²) in [4.78, 5) is 114. The van der Waals surface area contributed by atoms with Crippen molar-refractivity contribution in [2.45, 2.75) is 121 Å². The van der Waals surface area contributed by atoms with Crippen LogP contribution in [0.2, 0.25) is 0 Å². The molecule has 2 bridgehead atoms. The SMILES string of the molecule is CC(=O)O[C@H]1C(=O)[C@@]2(C)C([C@H](OC(=O)c3ccccc3)[C@]3(O)C[C@H](OC(=O)[C@H](O)[C@@H](NC(=O)c4ccccc4)c4ccccc4)C(C)=C1C3(C)C)[C@]1(OC(C)=O)COC1C[C@@H]2OC(=O)CCc1cccc(C(=O)c2ccccc2)c1. The van der Waals surface area contributed by atoms with Crippen molar-refractivity contribution in [2.24, 2.45) is 16.7 Å². The Morgan fingerprint density at radius 3 is 1.89 bits per heavy atom. The Kier molecular flexibility index (Phi) is 16.0. The van der Waals surface area contributed by atoms with Crippen molar-refractivity contribution in [2.75, 3.05) is 6.61 Å². The number of amides is 1. The number of ketones is 2. The molecule has 17 nitrogen and oxygen atoms in total. The highest BCUT2D eigenvalue weighted by Gasteiger charge is 2.79. The maximum Gasteiger partial charge on any atom is 0.338 e. The molecule has 5 aromatic carbocycles. The van der Waals surface area contributed by atoms with Crippen LogP contribution in [0.25, 0.3) is 0 Å². The molecule has 11 atom stereocenters. The highest BCUT2D eigenvalue weighted by atomic mass is 16.6. The van der Waals surface area contributed by atoms with E-state index < -0.39 is 119 Å². The zero-order valence-electron chi connectivity index (χ0n) is 45.1. The van der Waals surface area contributed by atoms with Crippen LogP contribution in [0.4, 0.5) is 0 Å². The van der Waals surface area contributed by atoms with Gasteiger partial charge in [0.2, 0.25) is 0 Å². The van der Waals surface area contributed by atoms with Crippen LogP contribution in [0.5, 0.6) is 0 Å². The maximum atomic E-state index is 16.4. The van der Waals surface area contributed by atoms with Gasteiger partial charge in [-0.15, -0.1) is 0 Å². The molecule has 80 heavy (non-hydrogen) atoms. The minimum absolute atomic E-state index is 0.0245. The Hall–Kier alpha value is -8.12. The summed E-state index contributed by atoms with van der Waals surface area (Å²) >= 11 is 0. The number of esters is 5. The molecular weight excluding hydrogens is 1030 g/mol. The molecule has 17 heteroatoms. The summed E-state index contributed by atoms with van der Waals surface area (Å²) in [7, 11) is 0. The fourth-order valence-electron chi connectivity index (χ4n) is 12.4. The largest absolute Gasteiger partial charge is 0.461 e. The third-order valence-electron chi connectivity index (χ3n) is 16.6. The van der Waals surface area contributed by atoms with Crippen molar-refractivity contribution in [3.8, 4) is 0 Å². The first-order valence-electron chi connectivity index (χ1n) is 26.5. The molecule has 3 aliphatic carbocycles. The molecule has 9 rings (SSSR count). The highest BCUT2D eigenvalue weighted by molar-refractivity contribution is 6.09. The van der Waals surface area contributed by atoms with Crippen molar-refractivity contribution in [1.82, 2.24) is 5.32 Å². The number of aliphatic hydroxyl groups is 2. The van der Waals surface area contributed by atoms with Gasteiger partial charge in [0, 0.05) is 55.2 Å². The number of fused-ring (bicyclic) bond motifs is 5. The number of benzene rings is 5. The summed E-state index contributed by atoms with van der Waals surface area (Å²) in [6.45, 7) is 7.88. The van der Waals surface area contributed by atoms with Crippen LogP contribution >= 0.6 is 0 Å². The second-order valence-corrected chi connectivity index (χ2v) is 21.7. The molecule has 0 spiro atoms. The first kappa shape index (κ1) is 56.6. The molecule has 3 N–H and O–H groups in total. The Balaban J connectivity index is 1.15. The van der Waals surface area contributed by atoms with Crippen molar-refractivity contribution < 1.29 is 77.0 Å². The molecule has 0 radical (unpaired) electrons. The summed E-state index contributed by atoms with van der Waals surface area (Å²) in [5.74, 6) is -8.22. The molecule has 2 unspecified atom stereocenters. The van der Waals surface area contributed by atoms with E-state index in [0.29, 0.717) is 22.3 Å². The van der Waals surface area contributed by atoms with Gasteiger partial charge in [-0.2, -0.15) is 0 Å². The Bertz CT molecular complexity index is 3240. The fraction of sp³-hybridized carbons (Fsp3) is 0.365. The van der Waals surface area contributed by atoms with Crippen molar-refractivity contribution >= 4 is 47.3 Å². The average Bonchev–Trinajstić information content (AvgIpc) is 2.24. The molecule has 3 fully saturated rings. The van der Waals surface area contributed by atoms with Gasteiger partial charge in [-0.1, -0.05) is 129 Å². The first-order valence-corrected chi connectivity index (χ1v) is 26.5. The summed E-state index contributed by atoms with van der Waals surface area (Å²) in [5, 5.41) is 28.9. The summed E-state index contributed by atoms with van der Waals surface area (Å²) < 4.78 is 37.7. The van der Waals surface area contributed by atoms with Crippen LogP contribution in [0.15, 0.2) is 157 Å². The second-order valence-electron chi connectivity index (χ2n) is 21.7. The lowest BCUT2D eigenvalue weighted by Gasteiger charge is -2.67. The predicted molar refractivity (Wildman–Crippen MR) is 286 cm³/mol. The number of hydrogen-bond acceptors (Lipinski definition) is 16. The number of nitrogens with one attached hydrogen (secondary N) is 1. The van der Waals surface area contributed by atoms with Gasteiger partial charge in [0.1, 0.15) is 30.0 Å². The lowest BCUT2D eigenvalue weighted by molar-refractivity contribution is -0.346. The Labute approximate surface area is 462 Å². The van der Waals surface area contributed by atoms with Crippen molar-refractivity contribution in [1.29, 1.82) is 0 Å². The van der Waals surface area contributed by atoms with Gasteiger partial charge in [-0.05, 0) is 72.9 Å². The second kappa shape index (κ2) is 22.6. The quantitative estimate of drug-likeness (QED) is 0.0384. The summed E-state index contributed by atoms with van der Waals surface area (Å²) in [6, 6.07) is 38.3. The number of rotatable bonds is 16. The number of carbonyl (C=O) groups excluding carboxylic acids is 8. The van der Waals surface area contributed by atoms with Crippen LogP contribution in [0.1, 0.15) is 115 Å². The standard InChI is InChI=1S/C63H63NO16/c1-36-45(77-59(73)52(69)50(40-21-11-7-12-22-40)64-57(71)42-25-15-9-16-26-42)34-63(74)56(79-58(72)43-27-17-10-18-28-43)54-61(6,55(70)53(76-37(2)65)49(36)60(63,4)5)46(33-47-62(54,35-75-47)80-38(3)66)78-48(67)31-30-39-20-19-29-44(32-39)51(68)41-23-13-8-14-24-41/h7-29,32,45-47,50,52-54,56,69,74H,30-31,33-35H2,1-6H3,(H,64,71)/t45-,46-,47?,50-,52+,53+,54?,56-,61+,62-,63+/m0/s1. The van der Waals surface area contributed by atoms with Gasteiger partial charge < -0.3 is 44.0 Å². The van der Waals surface area contributed by atoms with E-state index in [2.05, 4.69) is 5.32 Å². The molecule has 1 amide bonds. The zero-order valence-corrected chi connectivity index (χ0v) is 45.1. The smallest absolute Gasteiger partial charge is 0.338 e. The number of ether oxygens (including phenoxy) is 6. The van der Waals surface area contributed by atoms with Crippen LogP contribution in [0, 0.1) is 16.7 Å². The van der Waals surface area contributed by atoms with Gasteiger partial charge >= 0.3 is 29.8 Å². The van der Waals surface area contributed by atoms with E-state index in [9.17, 15) is 43.8 Å². The van der Waals surface area contributed by atoms with E-state index in [1.165, 1.54) is 26.0 Å². The normalized spacial score (nSPS) is 27.1. The molecule has 1 heterocycles. The minimum atomic E-state index is -2.51. The van der Waals surface area contributed by atoms with Gasteiger partial charge in [0.05, 0.1) is 29.5 Å². The molecular formula is C63H63NO16. The zero-order chi connectivity index (χ0) is 57.3. The molecule has 416 valence electrons. The maximum absolute atomic E-state index is 16.4. The molecule has 0 aromatic heterocycles. The predicted octanol–water partition coefficient (Wildman–Crippen LogP) is 7.15. The Morgan fingerprint density at radius 2 is 1.30 bits per heavy atom. The van der Waals surface area contributed by atoms with E-state index in [1.54, 1.807) is 147 Å².